The summed E-state index contributed by atoms with van der Waals surface area (Å²) in [6.45, 7) is 0.402. The number of carbonyl (C=O) groups excluding carboxylic acids is 1. The summed E-state index contributed by atoms with van der Waals surface area (Å²) >= 11 is 0. The second kappa shape index (κ2) is 8.49. The molecule has 0 heterocycles. The van der Waals surface area contributed by atoms with Crippen LogP contribution in [0.2, 0.25) is 0 Å². The van der Waals surface area contributed by atoms with Gasteiger partial charge in [-0.2, -0.15) is 0 Å². The van der Waals surface area contributed by atoms with Crippen molar-refractivity contribution in [2.75, 3.05) is 26.1 Å². The zero-order valence-electron chi connectivity index (χ0n) is 17.1. The molecule has 0 radical (unpaired) electrons. The molecule has 5 heteroatoms. The maximum absolute atomic E-state index is 13.0. The Balaban J connectivity index is 1.53. The Kier molecular flexibility index (Phi) is 5.61. The molecule has 0 spiro atoms. The van der Waals surface area contributed by atoms with E-state index in [4.69, 9.17) is 14.2 Å². The van der Waals surface area contributed by atoms with Gasteiger partial charge in [0, 0.05) is 17.2 Å². The van der Waals surface area contributed by atoms with Gasteiger partial charge in [-0.3, -0.25) is 4.79 Å². The van der Waals surface area contributed by atoms with Crippen molar-refractivity contribution in [3.8, 4) is 17.2 Å². The van der Waals surface area contributed by atoms with Crippen LogP contribution in [0, 0.1) is 5.92 Å². The van der Waals surface area contributed by atoms with Gasteiger partial charge in [-0.15, -0.1) is 0 Å². The molecule has 0 aromatic heterocycles. The minimum absolute atomic E-state index is 0.0148. The molecule has 1 fully saturated rings. The number of anilines is 1. The topological polar surface area (TPSA) is 56.8 Å². The standard InChI is InChI=1S/C25H25NO4/c1-28-22-14-13-20(15-23(22)29-2)30-17-25(18-9-5-3-6-10-18)16-21(25)24(27)26-19-11-7-4-8-12-19/h3-15,21H,16-17H2,1-2H3,(H,26,27). The summed E-state index contributed by atoms with van der Waals surface area (Å²) in [5, 5.41) is 3.03. The van der Waals surface area contributed by atoms with E-state index in [-0.39, 0.29) is 17.2 Å². The van der Waals surface area contributed by atoms with Crippen molar-refractivity contribution < 1.29 is 19.0 Å². The van der Waals surface area contributed by atoms with Gasteiger partial charge >= 0.3 is 0 Å². The second-order valence-electron chi connectivity index (χ2n) is 7.44. The Morgan fingerprint density at radius 2 is 1.60 bits per heavy atom. The molecule has 30 heavy (non-hydrogen) atoms. The van der Waals surface area contributed by atoms with Crippen LogP contribution in [-0.4, -0.2) is 26.7 Å². The third-order valence-electron chi connectivity index (χ3n) is 5.63. The van der Waals surface area contributed by atoms with Crippen LogP contribution < -0.4 is 19.5 Å². The summed E-state index contributed by atoms with van der Waals surface area (Å²) in [6.07, 6.45) is 0.739. The maximum atomic E-state index is 13.0. The van der Waals surface area contributed by atoms with E-state index in [2.05, 4.69) is 17.4 Å². The van der Waals surface area contributed by atoms with Gasteiger partial charge in [0.15, 0.2) is 11.5 Å². The highest BCUT2D eigenvalue weighted by Gasteiger charge is 2.60. The lowest BCUT2D eigenvalue weighted by atomic mass is 9.93. The number of hydrogen-bond donors (Lipinski definition) is 1. The number of nitrogens with one attached hydrogen (secondary N) is 1. The number of benzene rings is 3. The fraction of sp³-hybridized carbons (Fsp3) is 0.240. The number of rotatable bonds is 8. The summed E-state index contributed by atoms with van der Waals surface area (Å²) < 4.78 is 16.8. The van der Waals surface area contributed by atoms with Crippen LogP contribution in [0.4, 0.5) is 5.69 Å². The third kappa shape index (κ3) is 3.96. The fourth-order valence-electron chi connectivity index (χ4n) is 3.85. The van der Waals surface area contributed by atoms with Crippen LogP contribution in [0.5, 0.6) is 17.2 Å². The van der Waals surface area contributed by atoms with Crippen molar-refractivity contribution in [3.05, 3.63) is 84.4 Å². The summed E-state index contributed by atoms with van der Waals surface area (Å²) in [7, 11) is 3.20. The maximum Gasteiger partial charge on any atom is 0.228 e. The van der Waals surface area contributed by atoms with E-state index in [1.54, 1.807) is 20.3 Å². The molecule has 1 N–H and O–H groups in total. The molecule has 0 aliphatic heterocycles. The first-order valence-electron chi connectivity index (χ1n) is 9.92. The number of methoxy groups -OCH3 is 2. The van der Waals surface area contributed by atoms with Crippen LogP contribution >= 0.6 is 0 Å². The minimum Gasteiger partial charge on any atom is -0.493 e. The zero-order valence-corrected chi connectivity index (χ0v) is 17.1. The highest BCUT2D eigenvalue weighted by molar-refractivity contribution is 5.96. The summed E-state index contributed by atoms with van der Waals surface area (Å²) in [6, 6.07) is 25.1. The van der Waals surface area contributed by atoms with Gasteiger partial charge in [-0.05, 0) is 36.2 Å². The lowest BCUT2D eigenvalue weighted by molar-refractivity contribution is -0.117. The summed E-state index contributed by atoms with van der Waals surface area (Å²) in [5.41, 5.74) is 1.56. The highest BCUT2D eigenvalue weighted by atomic mass is 16.5. The van der Waals surface area contributed by atoms with Crippen LogP contribution in [0.15, 0.2) is 78.9 Å². The first-order chi connectivity index (χ1) is 14.7. The van der Waals surface area contributed by atoms with Crippen molar-refractivity contribution in [2.45, 2.75) is 11.8 Å². The molecule has 3 aromatic rings. The van der Waals surface area contributed by atoms with Crippen LogP contribution in [-0.2, 0) is 10.2 Å². The van der Waals surface area contributed by atoms with E-state index >= 15 is 0 Å². The normalized spacial score (nSPS) is 19.6. The Hall–Kier alpha value is -3.47. The lowest BCUT2D eigenvalue weighted by Gasteiger charge is -2.20. The van der Waals surface area contributed by atoms with Gasteiger partial charge in [-0.25, -0.2) is 0 Å². The van der Waals surface area contributed by atoms with E-state index < -0.39 is 0 Å². The Labute approximate surface area is 176 Å². The van der Waals surface area contributed by atoms with E-state index in [0.717, 1.165) is 17.7 Å². The first-order valence-corrected chi connectivity index (χ1v) is 9.92. The van der Waals surface area contributed by atoms with E-state index in [9.17, 15) is 4.79 Å². The number of carbonyl (C=O) groups is 1. The van der Waals surface area contributed by atoms with Gasteiger partial charge in [-0.1, -0.05) is 48.5 Å². The average Bonchev–Trinajstić information content (AvgIpc) is 3.55. The molecule has 2 atom stereocenters. The first kappa shape index (κ1) is 19.8. The summed E-state index contributed by atoms with van der Waals surface area (Å²) in [4.78, 5) is 13.0. The van der Waals surface area contributed by atoms with E-state index in [1.807, 2.05) is 60.7 Å². The molecule has 4 rings (SSSR count). The van der Waals surface area contributed by atoms with Crippen LogP contribution in [0.3, 0.4) is 0 Å². The Bertz CT molecular complexity index is 1010. The van der Waals surface area contributed by atoms with Crippen LogP contribution in [0.25, 0.3) is 0 Å². The Morgan fingerprint density at radius 3 is 2.27 bits per heavy atom. The van der Waals surface area contributed by atoms with Gasteiger partial charge in [0.25, 0.3) is 0 Å². The molecular formula is C25H25NO4. The quantitative estimate of drug-likeness (QED) is 0.593. The van der Waals surface area contributed by atoms with Crippen LogP contribution in [0.1, 0.15) is 12.0 Å². The third-order valence-corrected chi connectivity index (χ3v) is 5.63. The number of hydrogen-bond acceptors (Lipinski definition) is 4. The SMILES string of the molecule is COc1ccc(OCC2(c3ccccc3)CC2C(=O)Nc2ccccc2)cc1OC. The van der Waals surface area contributed by atoms with Crippen molar-refractivity contribution in [3.63, 3.8) is 0 Å². The zero-order chi connectivity index (χ0) is 21.0. The second-order valence-corrected chi connectivity index (χ2v) is 7.44. The number of amides is 1. The molecule has 1 amide bonds. The van der Waals surface area contributed by atoms with Gasteiger partial charge in [0.1, 0.15) is 5.75 Å². The molecule has 1 saturated carbocycles. The minimum atomic E-state index is -0.354. The monoisotopic (exact) mass is 403 g/mol. The van der Waals surface area contributed by atoms with Gasteiger partial charge < -0.3 is 19.5 Å². The molecular weight excluding hydrogens is 378 g/mol. The van der Waals surface area contributed by atoms with Crippen molar-refractivity contribution in [1.29, 1.82) is 0 Å². The number of para-hydroxylation sites is 1. The average molecular weight is 403 g/mol. The summed E-state index contributed by atoms with van der Waals surface area (Å²) in [5.74, 6) is 1.80. The van der Waals surface area contributed by atoms with Gasteiger partial charge in [0.2, 0.25) is 5.91 Å². The van der Waals surface area contributed by atoms with Gasteiger partial charge in [0.05, 0.1) is 26.7 Å². The molecule has 3 aromatic carbocycles. The molecule has 1 aliphatic rings. The highest BCUT2D eigenvalue weighted by Crippen LogP contribution is 2.55. The molecule has 2 unspecified atom stereocenters. The number of ether oxygens (including phenoxy) is 3. The van der Waals surface area contributed by atoms with E-state index in [0.29, 0.717) is 23.9 Å². The molecule has 0 saturated heterocycles. The van der Waals surface area contributed by atoms with Crippen molar-refractivity contribution in [1.82, 2.24) is 0 Å². The molecule has 5 nitrogen and oxygen atoms in total. The molecule has 154 valence electrons. The predicted molar refractivity (Wildman–Crippen MR) is 116 cm³/mol. The molecule has 1 aliphatic carbocycles. The molecule has 0 bridgehead atoms. The van der Waals surface area contributed by atoms with Crippen molar-refractivity contribution in [2.24, 2.45) is 5.92 Å². The lowest BCUT2D eigenvalue weighted by Crippen LogP contribution is -2.26. The largest absolute Gasteiger partial charge is 0.493 e. The van der Waals surface area contributed by atoms with Crippen molar-refractivity contribution >= 4 is 11.6 Å². The van der Waals surface area contributed by atoms with E-state index in [1.165, 1.54) is 0 Å². The fourth-order valence-corrected chi connectivity index (χ4v) is 3.85. The Morgan fingerprint density at radius 1 is 0.933 bits per heavy atom. The predicted octanol–water partition coefficient (Wildman–Crippen LogP) is 4.68. The smallest absolute Gasteiger partial charge is 0.228 e.